The standard InChI is InChI=1S/C20H25N5O3/c1-13-6-17-19(7-14(13)2)25(12-21-17)9-15-8-18(23-22-15)20(26)24(3)10-16-11-27-4-5-28-16/h6-8,12,16H,4-5,9-11H2,1-3H3,(H,22,23). The molecule has 0 saturated carbocycles. The number of nitrogens with zero attached hydrogens (tertiary/aromatic N) is 4. The molecule has 28 heavy (non-hydrogen) atoms. The molecule has 1 saturated heterocycles. The number of carbonyl (C=O) groups is 1. The average molecular weight is 383 g/mol. The second-order valence-corrected chi connectivity index (χ2v) is 7.33. The number of likely N-dealkylation sites (N-methyl/N-ethyl adjacent to an activating group) is 1. The molecule has 4 rings (SSSR count). The molecule has 8 nitrogen and oxygen atoms in total. The second kappa shape index (κ2) is 7.73. The van der Waals surface area contributed by atoms with Crippen molar-refractivity contribution in [3.05, 3.63) is 47.0 Å². The fraction of sp³-hybridized carbons (Fsp3) is 0.450. The third kappa shape index (κ3) is 3.79. The van der Waals surface area contributed by atoms with Crippen LogP contribution in [0.2, 0.25) is 0 Å². The lowest BCUT2D eigenvalue weighted by Crippen LogP contribution is -2.40. The van der Waals surface area contributed by atoms with E-state index in [1.165, 1.54) is 11.1 Å². The third-order valence-corrected chi connectivity index (χ3v) is 5.14. The highest BCUT2D eigenvalue weighted by Gasteiger charge is 2.22. The van der Waals surface area contributed by atoms with Gasteiger partial charge >= 0.3 is 0 Å². The van der Waals surface area contributed by atoms with Crippen molar-refractivity contribution in [1.82, 2.24) is 24.6 Å². The van der Waals surface area contributed by atoms with Gasteiger partial charge in [-0.2, -0.15) is 5.10 Å². The first kappa shape index (κ1) is 18.6. The van der Waals surface area contributed by atoms with Gasteiger partial charge in [-0.05, 0) is 43.2 Å². The molecular weight excluding hydrogens is 358 g/mol. The Morgan fingerprint density at radius 2 is 2.11 bits per heavy atom. The summed E-state index contributed by atoms with van der Waals surface area (Å²) in [6.07, 6.45) is 1.73. The Morgan fingerprint density at radius 3 is 2.89 bits per heavy atom. The number of aromatic amines is 1. The van der Waals surface area contributed by atoms with Crippen molar-refractivity contribution in [3.8, 4) is 0 Å². The Labute approximate surface area is 163 Å². The number of aryl methyl sites for hydroxylation is 2. The van der Waals surface area contributed by atoms with Gasteiger partial charge in [0.15, 0.2) is 0 Å². The number of aromatic nitrogens is 4. The van der Waals surface area contributed by atoms with Gasteiger partial charge in [-0.15, -0.1) is 0 Å². The number of carbonyl (C=O) groups excluding carboxylic acids is 1. The zero-order chi connectivity index (χ0) is 19.7. The van der Waals surface area contributed by atoms with E-state index < -0.39 is 0 Å². The third-order valence-electron chi connectivity index (χ3n) is 5.14. The summed E-state index contributed by atoms with van der Waals surface area (Å²) in [5.74, 6) is -0.140. The molecule has 1 unspecified atom stereocenters. The number of nitrogens with one attached hydrogen (secondary N) is 1. The topological polar surface area (TPSA) is 85.3 Å². The molecule has 1 amide bonds. The number of benzene rings is 1. The van der Waals surface area contributed by atoms with Crippen LogP contribution >= 0.6 is 0 Å². The maximum Gasteiger partial charge on any atom is 0.274 e. The van der Waals surface area contributed by atoms with Gasteiger partial charge in [0.25, 0.3) is 5.91 Å². The first-order valence-electron chi connectivity index (χ1n) is 9.42. The van der Waals surface area contributed by atoms with Gasteiger partial charge in [-0.3, -0.25) is 9.89 Å². The molecule has 1 atom stereocenters. The van der Waals surface area contributed by atoms with Crippen LogP contribution in [-0.2, 0) is 16.0 Å². The second-order valence-electron chi connectivity index (χ2n) is 7.33. The van der Waals surface area contributed by atoms with E-state index in [0.717, 1.165) is 16.7 Å². The van der Waals surface area contributed by atoms with E-state index in [1.807, 2.05) is 6.33 Å². The van der Waals surface area contributed by atoms with Crippen LogP contribution in [-0.4, -0.2) is 70.1 Å². The Bertz CT molecular complexity index is 987. The van der Waals surface area contributed by atoms with E-state index in [1.54, 1.807) is 18.0 Å². The molecule has 2 aromatic heterocycles. The first-order chi connectivity index (χ1) is 13.5. The monoisotopic (exact) mass is 383 g/mol. The summed E-state index contributed by atoms with van der Waals surface area (Å²) >= 11 is 0. The maximum atomic E-state index is 12.7. The largest absolute Gasteiger partial charge is 0.376 e. The van der Waals surface area contributed by atoms with Crippen LogP contribution in [0.3, 0.4) is 0 Å². The van der Waals surface area contributed by atoms with Crippen molar-refractivity contribution in [1.29, 1.82) is 0 Å². The van der Waals surface area contributed by atoms with Crippen LogP contribution in [0.25, 0.3) is 11.0 Å². The lowest BCUT2D eigenvalue weighted by molar-refractivity contribution is -0.0933. The lowest BCUT2D eigenvalue weighted by atomic mass is 10.1. The van der Waals surface area contributed by atoms with Crippen LogP contribution in [0, 0.1) is 13.8 Å². The van der Waals surface area contributed by atoms with Crippen molar-refractivity contribution in [2.24, 2.45) is 0 Å². The highest BCUT2D eigenvalue weighted by atomic mass is 16.6. The van der Waals surface area contributed by atoms with Gasteiger partial charge in [0, 0.05) is 13.6 Å². The molecular formula is C20H25N5O3. The van der Waals surface area contributed by atoms with Crippen molar-refractivity contribution >= 4 is 16.9 Å². The van der Waals surface area contributed by atoms with E-state index in [4.69, 9.17) is 9.47 Å². The van der Waals surface area contributed by atoms with Crippen LogP contribution < -0.4 is 0 Å². The summed E-state index contributed by atoms with van der Waals surface area (Å²) in [5.41, 5.74) is 5.73. The number of fused-ring (bicyclic) bond motifs is 1. The summed E-state index contributed by atoms with van der Waals surface area (Å²) in [6.45, 7) is 6.91. The zero-order valence-electron chi connectivity index (χ0n) is 16.4. The first-order valence-corrected chi connectivity index (χ1v) is 9.42. The number of rotatable bonds is 5. The molecule has 1 aliphatic rings. The van der Waals surface area contributed by atoms with Gasteiger partial charge < -0.3 is 18.9 Å². The number of hydrogen-bond donors (Lipinski definition) is 1. The Balaban J connectivity index is 1.45. The molecule has 1 fully saturated rings. The van der Waals surface area contributed by atoms with E-state index in [0.29, 0.717) is 38.6 Å². The van der Waals surface area contributed by atoms with Crippen molar-refractivity contribution < 1.29 is 14.3 Å². The highest BCUT2D eigenvalue weighted by Crippen LogP contribution is 2.19. The van der Waals surface area contributed by atoms with E-state index in [9.17, 15) is 4.79 Å². The number of H-pyrrole nitrogens is 1. The fourth-order valence-electron chi connectivity index (χ4n) is 3.40. The maximum absolute atomic E-state index is 12.7. The Kier molecular flexibility index (Phi) is 5.15. The number of hydrogen-bond acceptors (Lipinski definition) is 5. The van der Waals surface area contributed by atoms with Crippen LogP contribution in [0.5, 0.6) is 0 Å². The molecule has 3 heterocycles. The van der Waals surface area contributed by atoms with Crippen LogP contribution in [0.15, 0.2) is 24.5 Å². The van der Waals surface area contributed by atoms with Gasteiger partial charge in [0.1, 0.15) is 5.69 Å². The molecule has 1 N–H and O–H groups in total. The Hall–Kier alpha value is -2.71. The minimum absolute atomic E-state index is 0.0925. The SMILES string of the molecule is Cc1cc2ncn(Cc3cc(C(=O)N(C)CC4COCCO4)n[nH]3)c2cc1C. The number of ether oxygens (including phenoxy) is 2. The van der Waals surface area contributed by atoms with E-state index >= 15 is 0 Å². The summed E-state index contributed by atoms with van der Waals surface area (Å²) < 4.78 is 13.1. The summed E-state index contributed by atoms with van der Waals surface area (Å²) in [5, 5.41) is 7.17. The van der Waals surface area contributed by atoms with E-state index in [-0.39, 0.29) is 12.0 Å². The predicted octanol–water partition coefficient (Wildman–Crippen LogP) is 1.91. The summed E-state index contributed by atoms with van der Waals surface area (Å²) in [4.78, 5) is 18.8. The van der Waals surface area contributed by atoms with Gasteiger partial charge in [-0.25, -0.2) is 4.98 Å². The zero-order valence-corrected chi connectivity index (χ0v) is 16.4. The minimum Gasteiger partial charge on any atom is -0.376 e. The minimum atomic E-state index is -0.140. The number of amides is 1. The van der Waals surface area contributed by atoms with Gasteiger partial charge in [0.05, 0.1) is 55.5 Å². The number of imidazole rings is 1. The fourth-order valence-corrected chi connectivity index (χ4v) is 3.40. The van der Waals surface area contributed by atoms with Gasteiger partial charge in [0.2, 0.25) is 0 Å². The molecule has 1 aromatic carbocycles. The quantitative estimate of drug-likeness (QED) is 0.727. The highest BCUT2D eigenvalue weighted by molar-refractivity contribution is 5.92. The van der Waals surface area contributed by atoms with Crippen LogP contribution in [0.1, 0.15) is 27.3 Å². The van der Waals surface area contributed by atoms with Gasteiger partial charge in [-0.1, -0.05) is 0 Å². The normalized spacial score (nSPS) is 17.2. The van der Waals surface area contributed by atoms with Crippen molar-refractivity contribution in [2.75, 3.05) is 33.4 Å². The van der Waals surface area contributed by atoms with E-state index in [2.05, 4.69) is 45.7 Å². The molecule has 0 spiro atoms. The lowest BCUT2D eigenvalue weighted by Gasteiger charge is -2.27. The molecule has 1 aliphatic heterocycles. The van der Waals surface area contributed by atoms with Crippen molar-refractivity contribution in [3.63, 3.8) is 0 Å². The van der Waals surface area contributed by atoms with Crippen LogP contribution in [0.4, 0.5) is 0 Å². The molecule has 0 aliphatic carbocycles. The summed E-state index contributed by atoms with van der Waals surface area (Å²) in [7, 11) is 1.75. The molecule has 0 radical (unpaired) electrons. The van der Waals surface area contributed by atoms with Crippen molar-refractivity contribution in [2.45, 2.75) is 26.5 Å². The Morgan fingerprint density at radius 1 is 1.29 bits per heavy atom. The predicted molar refractivity (Wildman–Crippen MR) is 104 cm³/mol. The average Bonchev–Trinajstić information content (AvgIpc) is 3.30. The summed E-state index contributed by atoms with van der Waals surface area (Å²) in [6, 6.07) is 6.03. The smallest absolute Gasteiger partial charge is 0.274 e. The molecule has 148 valence electrons. The molecule has 3 aromatic rings. The molecule has 8 heteroatoms. The molecule has 0 bridgehead atoms.